The smallest absolute Gasteiger partial charge is 0.246 e. The summed E-state index contributed by atoms with van der Waals surface area (Å²) < 4.78 is 25.9. The fourth-order valence-corrected chi connectivity index (χ4v) is 4.53. The molecular weight excluding hydrogens is 312 g/mol. The first-order valence-electron chi connectivity index (χ1n) is 8.17. The SMILES string of the molecule is CC[C@@H](C(=O)N(C)C1CCCC1)N(c1ccccc1)S(C)(=O)=O. The molecule has 128 valence electrons. The normalized spacial score (nSPS) is 17.0. The van der Waals surface area contributed by atoms with E-state index in [0.717, 1.165) is 31.9 Å². The largest absolute Gasteiger partial charge is 0.341 e. The van der Waals surface area contributed by atoms with Gasteiger partial charge in [-0.15, -0.1) is 0 Å². The molecule has 1 aliphatic carbocycles. The summed E-state index contributed by atoms with van der Waals surface area (Å²) in [6.45, 7) is 1.85. The van der Waals surface area contributed by atoms with Crippen molar-refractivity contribution in [2.24, 2.45) is 0 Å². The maximum atomic E-state index is 12.9. The molecule has 23 heavy (non-hydrogen) atoms. The zero-order valence-electron chi connectivity index (χ0n) is 14.1. The van der Waals surface area contributed by atoms with Gasteiger partial charge in [-0.1, -0.05) is 38.0 Å². The van der Waals surface area contributed by atoms with Gasteiger partial charge in [0.2, 0.25) is 15.9 Å². The molecule has 5 nitrogen and oxygen atoms in total. The summed E-state index contributed by atoms with van der Waals surface area (Å²) in [5.41, 5.74) is 0.537. The number of nitrogens with zero attached hydrogens (tertiary/aromatic N) is 2. The van der Waals surface area contributed by atoms with Gasteiger partial charge in [0.1, 0.15) is 6.04 Å². The minimum absolute atomic E-state index is 0.117. The van der Waals surface area contributed by atoms with Gasteiger partial charge in [-0.05, 0) is 31.4 Å². The van der Waals surface area contributed by atoms with Crippen LogP contribution in [0.3, 0.4) is 0 Å². The summed E-state index contributed by atoms with van der Waals surface area (Å²) in [5, 5.41) is 0. The molecule has 1 atom stereocenters. The summed E-state index contributed by atoms with van der Waals surface area (Å²) in [7, 11) is -1.75. The van der Waals surface area contributed by atoms with Crippen LogP contribution in [-0.2, 0) is 14.8 Å². The lowest BCUT2D eigenvalue weighted by Gasteiger charge is -2.35. The van der Waals surface area contributed by atoms with Crippen LogP contribution in [0.2, 0.25) is 0 Å². The second-order valence-electron chi connectivity index (χ2n) is 6.21. The molecule has 1 amide bonds. The predicted molar refractivity (Wildman–Crippen MR) is 92.9 cm³/mol. The van der Waals surface area contributed by atoms with E-state index in [1.165, 1.54) is 4.31 Å². The number of hydrogen-bond donors (Lipinski definition) is 0. The Labute approximate surface area is 139 Å². The highest BCUT2D eigenvalue weighted by atomic mass is 32.2. The Kier molecular flexibility index (Phi) is 5.68. The molecule has 0 N–H and O–H groups in total. The van der Waals surface area contributed by atoms with Crippen molar-refractivity contribution in [3.63, 3.8) is 0 Å². The van der Waals surface area contributed by atoms with E-state index in [1.807, 2.05) is 13.0 Å². The van der Waals surface area contributed by atoms with E-state index in [4.69, 9.17) is 0 Å². The summed E-state index contributed by atoms with van der Waals surface area (Å²) in [6, 6.07) is 8.39. The fourth-order valence-electron chi connectivity index (χ4n) is 3.32. The first-order chi connectivity index (χ1) is 10.9. The average molecular weight is 338 g/mol. The highest BCUT2D eigenvalue weighted by Crippen LogP contribution is 2.27. The van der Waals surface area contributed by atoms with Crippen LogP contribution in [0.15, 0.2) is 30.3 Å². The van der Waals surface area contributed by atoms with Gasteiger partial charge in [-0.25, -0.2) is 8.42 Å². The predicted octanol–water partition coefficient (Wildman–Crippen LogP) is 2.63. The number of para-hydroxylation sites is 1. The number of amides is 1. The molecule has 0 saturated heterocycles. The topological polar surface area (TPSA) is 57.7 Å². The lowest BCUT2D eigenvalue weighted by Crippen LogP contribution is -2.51. The van der Waals surface area contributed by atoms with Crippen LogP contribution in [-0.4, -0.2) is 44.6 Å². The number of carbonyl (C=O) groups is 1. The van der Waals surface area contributed by atoms with Crippen LogP contribution in [0, 0.1) is 0 Å². The maximum Gasteiger partial charge on any atom is 0.246 e. The van der Waals surface area contributed by atoms with E-state index in [9.17, 15) is 13.2 Å². The third-order valence-electron chi connectivity index (χ3n) is 4.54. The van der Waals surface area contributed by atoms with Gasteiger partial charge < -0.3 is 4.90 Å². The van der Waals surface area contributed by atoms with Crippen LogP contribution >= 0.6 is 0 Å². The van der Waals surface area contributed by atoms with Crippen molar-refractivity contribution in [2.45, 2.75) is 51.1 Å². The summed E-state index contributed by atoms with van der Waals surface area (Å²) in [5.74, 6) is -0.117. The molecule has 1 aliphatic rings. The van der Waals surface area contributed by atoms with E-state index in [-0.39, 0.29) is 11.9 Å². The molecule has 1 fully saturated rings. The zero-order chi connectivity index (χ0) is 17.0. The maximum absolute atomic E-state index is 12.9. The molecule has 1 saturated carbocycles. The molecule has 0 unspecified atom stereocenters. The van der Waals surface area contributed by atoms with Gasteiger partial charge in [-0.3, -0.25) is 9.10 Å². The fraction of sp³-hybridized carbons (Fsp3) is 0.588. The molecule has 0 spiro atoms. The van der Waals surface area contributed by atoms with Crippen LogP contribution < -0.4 is 4.31 Å². The number of benzene rings is 1. The van der Waals surface area contributed by atoms with E-state index in [0.29, 0.717) is 12.1 Å². The molecule has 0 aromatic heterocycles. The van der Waals surface area contributed by atoms with Crippen molar-refractivity contribution in [3.8, 4) is 0 Å². The van der Waals surface area contributed by atoms with E-state index < -0.39 is 16.1 Å². The average Bonchev–Trinajstić information content (AvgIpc) is 3.05. The Balaban J connectivity index is 2.32. The Morgan fingerprint density at radius 2 is 1.78 bits per heavy atom. The second kappa shape index (κ2) is 7.34. The lowest BCUT2D eigenvalue weighted by molar-refractivity contribution is -0.133. The summed E-state index contributed by atoms with van der Waals surface area (Å²) >= 11 is 0. The summed E-state index contributed by atoms with van der Waals surface area (Å²) in [4.78, 5) is 14.7. The number of sulfonamides is 1. The van der Waals surface area contributed by atoms with Gasteiger partial charge in [0.25, 0.3) is 0 Å². The number of rotatable bonds is 6. The van der Waals surface area contributed by atoms with E-state index >= 15 is 0 Å². The van der Waals surface area contributed by atoms with Crippen molar-refractivity contribution in [1.29, 1.82) is 0 Å². The van der Waals surface area contributed by atoms with Crippen molar-refractivity contribution in [3.05, 3.63) is 30.3 Å². The monoisotopic (exact) mass is 338 g/mol. The van der Waals surface area contributed by atoms with Crippen molar-refractivity contribution < 1.29 is 13.2 Å². The molecule has 0 heterocycles. The Hall–Kier alpha value is -1.56. The van der Waals surface area contributed by atoms with E-state index in [1.54, 1.807) is 36.2 Å². The van der Waals surface area contributed by atoms with Crippen LogP contribution in [0.4, 0.5) is 5.69 Å². The number of anilines is 1. The molecule has 1 aromatic carbocycles. The van der Waals surface area contributed by atoms with Crippen molar-refractivity contribution in [1.82, 2.24) is 4.90 Å². The van der Waals surface area contributed by atoms with Gasteiger partial charge in [0, 0.05) is 13.1 Å². The Bertz CT molecular complexity index is 624. The quantitative estimate of drug-likeness (QED) is 0.801. The molecule has 0 radical (unpaired) electrons. The van der Waals surface area contributed by atoms with Crippen molar-refractivity contribution in [2.75, 3.05) is 17.6 Å². The molecule has 0 bridgehead atoms. The Morgan fingerprint density at radius 3 is 2.26 bits per heavy atom. The Morgan fingerprint density at radius 1 is 1.22 bits per heavy atom. The number of likely N-dealkylation sites (N-methyl/N-ethyl adjacent to an activating group) is 1. The van der Waals surface area contributed by atoms with Crippen LogP contribution in [0.25, 0.3) is 0 Å². The standard InChI is InChI=1S/C17H26N2O3S/c1-4-16(17(20)18(2)14-10-8-9-11-14)19(23(3,21)22)15-12-6-5-7-13-15/h5-7,12-14,16H,4,8-11H2,1-3H3/t16-/m0/s1. The second-order valence-corrected chi connectivity index (χ2v) is 8.07. The van der Waals surface area contributed by atoms with Crippen LogP contribution in [0.1, 0.15) is 39.0 Å². The molecule has 2 rings (SSSR count). The van der Waals surface area contributed by atoms with Gasteiger partial charge in [-0.2, -0.15) is 0 Å². The first-order valence-corrected chi connectivity index (χ1v) is 10.0. The third-order valence-corrected chi connectivity index (χ3v) is 5.72. The van der Waals surface area contributed by atoms with E-state index in [2.05, 4.69) is 0 Å². The molecule has 6 heteroatoms. The van der Waals surface area contributed by atoms with Crippen LogP contribution in [0.5, 0.6) is 0 Å². The zero-order valence-corrected chi connectivity index (χ0v) is 14.9. The first kappa shape index (κ1) is 17.8. The minimum Gasteiger partial charge on any atom is -0.341 e. The number of carbonyl (C=O) groups excluding carboxylic acids is 1. The molecular formula is C17H26N2O3S. The van der Waals surface area contributed by atoms with Crippen molar-refractivity contribution >= 4 is 21.6 Å². The highest BCUT2D eigenvalue weighted by molar-refractivity contribution is 7.92. The minimum atomic E-state index is -3.55. The lowest BCUT2D eigenvalue weighted by atomic mass is 10.1. The summed E-state index contributed by atoms with van der Waals surface area (Å²) in [6.07, 6.45) is 5.87. The number of hydrogen-bond acceptors (Lipinski definition) is 3. The van der Waals surface area contributed by atoms with Gasteiger partial charge >= 0.3 is 0 Å². The third kappa shape index (κ3) is 4.05. The molecule has 1 aromatic rings. The van der Waals surface area contributed by atoms with Gasteiger partial charge in [0.05, 0.1) is 11.9 Å². The highest BCUT2D eigenvalue weighted by Gasteiger charge is 2.35. The molecule has 0 aliphatic heterocycles. The van der Waals surface area contributed by atoms with Gasteiger partial charge in [0.15, 0.2) is 0 Å².